The molecular formula is C7H6ClF2NO2. The first-order valence-corrected chi connectivity index (χ1v) is 3.71. The predicted molar refractivity (Wildman–Crippen MR) is 41.8 cm³/mol. The van der Waals surface area contributed by atoms with E-state index in [1.54, 1.807) is 0 Å². The Kier molecular flexibility index (Phi) is 3.39. The number of hydrogen-bond acceptors (Lipinski definition) is 3. The summed E-state index contributed by atoms with van der Waals surface area (Å²) in [5, 5.41) is 8.75. The molecule has 0 unspecified atom stereocenters. The van der Waals surface area contributed by atoms with E-state index >= 15 is 0 Å². The summed E-state index contributed by atoms with van der Waals surface area (Å²) in [5.41, 5.74) is 0.225. The van der Waals surface area contributed by atoms with Gasteiger partial charge in [-0.2, -0.15) is 8.78 Å². The fraction of sp³-hybridized carbons (Fsp3) is 0.286. The Morgan fingerprint density at radius 2 is 2.31 bits per heavy atom. The number of aliphatic hydroxyl groups is 1. The van der Waals surface area contributed by atoms with Crippen LogP contribution in [0.2, 0.25) is 5.02 Å². The van der Waals surface area contributed by atoms with E-state index in [9.17, 15) is 8.78 Å². The Morgan fingerprint density at radius 3 is 2.77 bits per heavy atom. The lowest BCUT2D eigenvalue weighted by molar-refractivity contribution is -0.0500. The lowest BCUT2D eigenvalue weighted by Crippen LogP contribution is -2.03. The van der Waals surface area contributed by atoms with Gasteiger partial charge < -0.3 is 9.84 Å². The van der Waals surface area contributed by atoms with Gasteiger partial charge in [-0.25, -0.2) is 0 Å². The molecule has 3 nitrogen and oxygen atoms in total. The standard InChI is InChI=1S/C7H6ClF2NO2/c8-5-1-4(13-7(9)10)2-11-6(5)3-12/h1-2,7,12H,3H2. The zero-order chi connectivity index (χ0) is 9.84. The summed E-state index contributed by atoms with van der Waals surface area (Å²) in [4.78, 5) is 3.61. The highest BCUT2D eigenvalue weighted by Gasteiger charge is 2.07. The second kappa shape index (κ2) is 4.34. The Hall–Kier alpha value is -0.940. The minimum absolute atomic E-state index is 0.0978. The number of aliphatic hydroxyl groups excluding tert-OH is 1. The quantitative estimate of drug-likeness (QED) is 0.826. The first-order valence-electron chi connectivity index (χ1n) is 3.33. The molecule has 6 heteroatoms. The van der Waals surface area contributed by atoms with Gasteiger partial charge >= 0.3 is 6.61 Å². The SMILES string of the molecule is OCc1ncc(OC(F)F)cc1Cl. The molecule has 72 valence electrons. The number of rotatable bonds is 3. The molecule has 0 aliphatic heterocycles. The van der Waals surface area contributed by atoms with Gasteiger partial charge in [-0.05, 0) is 0 Å². The summed E-state index contributed by atoms with van der Waals surface area (Å²) >= 11 is 5.57. The number of halogens is 3. The summed E-state index contributed by atoms with van der Waals surface area (Å²) in [6, 6.07) is 1.17. The lowest BCUT2D eigenvalue weighted by Gasteiger charge is -2.05. The van der Waals surface area contributed by atoms with Crippen molar-refractivity contribution in [3.8, 4) is 5.75 Å². The molecule has 0 radical (unpaired) electrons. The maximum atomic E-state index is 11.7. The van der Waals surface area contributed by atoms with Crippen LogP contribution in [0.5, 0.6) is 5.75 Å². The van der Waals surface area contributed by atoms with E-state index in [0.717, 1.165) is 6.20 Å². The minimum Gasteiger partial charge on any atom is -0.433 e. The molecule has 1 rings (SSSR count). The van der Waals surface area contributed by atoms with E-state index in [1.165, 1.54) is 6.07 Å². The van der Waals surface area contributed by atoms with Crippen LogP contribution in [0.25, 0.3) is 0 Å². The molecule has 0 saturated heterocycles. The van der Waals surface area contributed by atoms with Gasteiger partial charge in [0.25, 0.3) is 0 Å². The molecular weight excluding hydrogens is 204 g/mol. The lowest BCUT2D eigenvalue weighted by atomic mass is 10.3. The highest BCUT2D eigenvalue weighted by Crippen LogP contribution is 2.21. The topological polar surface area (TPSA) is 42.4 Å². The van der Waals surface area contributed by atoms with E-state index in [4.69, 9.17) is 16.7 Å². The van der Waals surface area contributed by atoms with E-state index in [1.807, 2.05) is 0 Å². The number of pyridine rings is 1. The van der Waals surface area contributed by atoms with Crippen molar-refractivity contribution in [2.75, 3.05) is 0 Å². The van der Waals surface area contributed by atoms with Crippen LogP contribution in [0.4, 0.5) is 8.78 Å². The van der Waals surface area contributed by atoms with Crippen molar-refractivity contribution in [3.05, 3.63) is 23.0 Å². The Balaban J connectivity index is 2.83. The Bertz CT molecular complexity index is 296. The third-order valence-corrected chi connectivity index (χ3v) is 1.59. The van der Waals surface area contributed by atoms with Crippen LogP contribution in [0.15, 0.2) is 12.3 Å². The second-order valence-electron chi connectivity index (χ2n) is 2.14. The smallest absolute Gasteiger partial charge is 0.387 e. The monoisotopic (exact) mass is 209 g/mol. The van der Waals surface area contributed by atoms with E-state index in [2.05, 4.69) is 9.72 Å². The van der Waals surface area contributed by atoms with Gasteiger partial charge in [0.05, 0.1) is 23.5 Å². The largest absolute Gasteiger partial charge is 0.433 e. The van der Waals surface area contributed by atoms with Gasteiger partial charge in [0.2, 0.25) is 0 Å². The van der Waals surface area contributed by atoms with Crippen LogP contribution in [0.3, 0.4) is 0 Å². The summed E-state index contributed by atoms with van der Waals surface area (Å²) in [5.74, 6) is -0.128. The molecule has 0 aliphatic carbocycles. The molecule has 13 heavy (non-hydrogen) atoms. The molecule has 1 aromatic rings. The van der Waals surface area contributed by atoms with Crippen molar-refractivity contribution < 1.29 is 18.6 Å². The Morgan fingerprint density at radius 1 is 1.62 bits per heavy atom. The fourth-order valence-electron chi connectivity index (χ4n) is 0.732. The number of aromatic nitrogens is 1. The molecule has 0 atom stereocenters. The zero-order valence-electron chi connectivity index (χ0n) is 6.38. The molecule has 0 amide bonds. The van der Waals surface area contributed by atoms with Crippen molar-refractivity contribution >= 4 is 11.6 Å². The average Bonchev–Trinajstić information content (AvgIpc) is 2.03. The highest BCUT2D eigenvalue weighted by atomic mass is 35.5. The van der Waals surface area contributed by atoms with E-state index < -0.39 is 6.61 Å². The van der Waals surface area contributed by atoms with Gasteiger partial charge in [0.1, 0.15) is 5.75 Å². The molecule has 1 heterocycles. The van der Waals surface area contributed by atoms with E-state index in [-0.39, 0.29) is 23.1 Å². The maximum absolute atomic E-state index is 11.7. The highest BCUT2D eigenvalue weighted by molar-refractivity contribution is 6.31. The predicted octanol–water partition coefficient (Wildman–Crippen LogP) is 1.83. The molecule has 0 aliphatic rings. The van der Waals surface area contributed by atoms with Gasteiger partial charge in [-0.15, -0.1) is 0 Å². The molecule has 1 N–H and O–H groups in total. The first-order chi connectivity index (χ1) is 6.13. The summed E-state index contributed by atoms with van der Waals surface area (Å²) in [6.07, 6.45) is 1.07. The van der Waals surface area contributed by atoms with Gasteiger partial charge in [0, 0.05) is 6.07 Å². The fourth-order valence-corrected chi connectivity index (χ4v) is 0.948. The molecule has 0 bridgehead atoms. The van der Waals surface area contributed by atoms with Crippen LogP contribution in [0, 0.1) is 0 Å². The second-order valence-corrected chi connectivity index (χ2v) is 2.54. The number of nitrogens with zero attached hydrogens (tertiary/aromatic N) is 1. The van der Waals surface area contributed by atoms with Crippen LogP contribution in [-0.2, 0) is 6.61 Å². The van der Waals surface area contributed by atoms with Crippen LogP contribution >= 0.6 is 11.6 Å². The molecule has 0 aromatic carbocycles. The van der Waals surface area contributed by atoms with Gasteiger partial charge in [-0.3, -0.25) is 4.98 Å². The van der Waals surface area contributed by atoms with Gasteiger partial charge in [-0.1, -0.05) is 11.6 Å². The Labute approximate surface area is 77.9 Å². The average molecular weight is 210 g/mol. The summed E-state index contributed by atoms with van der Waals surface area (Å²) in [6.45, 7) is -3.24. The first kappa shape index (κ1) is 10.1. The maximum Gasteiger partial charge on any atom is 0.387 e. The van der Waals surface area contributed by atoms with Crippen molar-refractivity contribution in [2.45, 2.75) is 13.2 Å². The van der Waals surface area contributed by atoms with Crippen LogP contribution < -0.4 is 4.74 Å². The van der Waals surface area contributed by atoms with Crippen LogP contribution in [0.1, 0.15) is 5.69 Å². The molecule has 0 fully saturated rings. The third kappa shape index (κ3) is 2.78. The molecule has 1 aromatic heterocycles. The third-order valence-electron chi connectivity index (χ3n) is 1.27. The number of hydrogen-bond donors (Lipinski definition) is 1. The minimum atomic E-state index is -2.90. The van der Waals surface area contributed by atoms with Crippen molar-refractivity contribution in [2.24, 2.45) is 0 Å². The van der Waals surface area contributed by atoms with Crippen molar-refractivity contribution in [1.29, 1.82) is 0 Å². The normalized spacial score (nSPS) is 10.5. The molecule has 0 spiro atoms. The zero-order valence-corrected chi connectivity index (χ0v) is 7.13. The number of ether oxygens (including phenoxy) is 1. The van der Waals surface area contributed by atoms with E-state index in [0.29, 0.717) is 0 Å². The summed E-state index contributed by atoms with van der Waals surface area (Å²) < 4.78 is 27.4. The number of alkyl halides is 2. The van der Waals surface area contributed by atoms with Gasteiger partial charge in [0.15, 0.2) is 0 Å². The molecule has 0 saturated carbocycles. The summed E-state index contributed by atoms with van der Waals surface area (Å²) in [7, 11) is 0. The van der Waals surface area contributed by atoms with Crippen molar-refractivity contribution in [1.82, 2.24) is 4.98 Å². The van der Waals surface area contributed by atoms with Crippen molar-refractivity contribution in [3.63, 3.8) is 0 Å². The van der Waals surface area contributed by atoms with Crippen LogP contribution in [-0.4, -0.2) is 16.7 Å².